The number of aromatic nitrogens is 5. The second-order valence-corrected chi connectivity index (χ2v) is 6.31. The largest absolute Gasteiger partial charge is 0.356 e. The molecule has 4 aromatic rings. The van der Waals surface area contributed by atoms with Crippen LogP contribution in [0.2, 0.25) is 0 Å². The molecule has 0 spiro atoms. The Balaban J connectivity index is 1.60. The number of hydrogen-bond acceptors (Lipinski definition) is 6. The minimum absolute atomic E-state index is 0.174. The summed E-state index contributed by atoms with van der Waals surface area (Å²) in [7, 11) is 0. The monoisotopic (exact) mass is 342 g/mol. The van der Waals surface area contributed by atoms with Gasteiger partial charge in [0, 0.05) is 18.3 Å². The molecule has 0 atom stereocenters. The molecule has 0 aliphatic rings. The second kappa shape index (κ2) is 5.60. The van der Waals surface area contributed by atoms with Crippen molar-refractivity contribution in [2.24, 2.45) is 0 Å². The quantitative estimate of drug-likeness (QED) is 0.521. The third-order valence-electron chi connectivity index (χ3n) is 3.68. The zero-order valence-electron chi connectivity index (χ0n) is 12.8. The smallest absolute Gasteiger partial charge is 0.323 e. The predicted octanol–water partition coefficient (Wildman–Crippen LogP) is 1.50. The highest BCUT2D eigenvalue weighted by molar-refractivity contribution is 7.20. The van der Waals surface area contributed by atoms with Gasteiger partial charge in [0.15, 0.2) is 0 Å². The molecule has 3 N–H and O–H groups in total. The lowest BCUT2D eigenvalue weighted by Crippen LogP contribution is -2.15. The van der Waals surface area contributed by atoms with E-state index in [-0.39, 0.29) is 11.2 Å². The van der Waals surface area contributed by atoms with Gasteiger partial charge in [-0.05, 0) is 24.1 Å². The molecule has 0 saturated carbocycles. The molecule has 0 aliphatic heterocycles. The maximum atomic E-state index is 12.0. The van der Waals surface area contributed by atoms with Gasteiger partial charge in [-0.1, -0.05) is 24.3 Å². The van der Waals surface area contributed by atoms with Crippen LogP contribution in [0.5, 0.6) is 0 Å². The first-order valence-electron chi connectivity index (χ1n) is 7.47. The van der Waals surface area contributed by atoms with E-state index in [4.69, 9.17) is 0 Å². The van der Waals surface area contributed by atoms with E-state index in [9.17, 15) is 9.59 Å². The van der Waals surface area contributed by atoms with Crippen molar-refractivity contribution >= 4 is 32.5 Å². The Bertz CT molecular complexity index is 1150. The summed E-state index contributed by atoms with van der Waals surface area (Å²) in [5.74, 6) is 0. The summed E-state index contributed by atoms with van der Waals surface area (Å²) >= 11 is 1.33. The number of fused-ring (bicyclic) bond motifs is 2. The lowest BCUT2D eigenvalue weighted by Gasteiger charge is -2.02. The number of benzene rings is 1. The Labute approximate surface area is 139 Å². The molecule has 8 nitrogen and oxygen atoms in total. The van der Waals surface area contributed by atoms with Crippen molar-refractivity contribution in [1.29, 1.82) is 0 Å². The molecule has 0 bridgehead atoms. The lowest BCUT2D eigenvalue weighted by atomic mass is 10.2. The van der Waals surface area contributed by atoms with E-state index in [2.05, 4.69) is 25.4 Å². The van der Waals surface area contributed by atoms with Gasteiger partial charge >= 0.3 is 5.69 Å². The van der Waals surface area contributed by atoms with E-state index >= 15 is 0 Å². The highest BCUT2D eigenvalue weighted by atomic mass is 32.1. The molecular formula is C15H14N6O2S. The van der Waals surface area contributed by atoms with Crippen LogP contribution in [0.4, 0.5) is 5.13 Å². The second-order valence-electron chi connectivity index (χ2n) is 5.35. The van der Waals surface area contributed by atoms with Crippen molar-refractivity contribution in [2.75, 3.05) is 5.32 Å². The van der Waals surface area contributed by atoms with Crippen LogP contribution in [0.3, 0.4) is 0 Å². The number of nitrogens with one attached hydrogen (secondary N) is 3. The highest BCUT2D eigenvalue weighted by Gasteiger charge is 2.08. The van der Waals surface area contributed by atoms with Gasteiger partial charge < -0.3 is 15.3 Å². The minimum Gasteiger partial charge on any atom is -0.356 e. The molecule has 0 amide bonds. The van der Waals surface area contributed by atoms with Gasteiger partial charge in [0.25, 0.3) is 5.56 Å². The van der Waals surface area contributed by atoms with Crippen LogP contribution < -0.4 is 16.6 Å². The van der Waals surface area contributed by atoms with Crippen molar-refractivity contribution in [3.63, 3.8) is 0 Å². The van der Waals surface area contributed by atoms with Crippen LogP contribution in [0.15, 0.2) is 33.9 Å². The Morgan fingerprint density at radius 1 is 1.21 bits per heavy atom. The van der Waals surface area contributed by atoms with Gasteiger partial charge in [-0.2, -0.15) is 4.52 Å². The van der Waals surface area contributed by atoms with Crippen LogP contribution in [-0.4, -0.2) is 24.6 Å². The Kier molecular flexibility index (Phi) is 3.42. The number of rotatable bonds is 4. The highest BCUT2D eigenvalue weighted by Crippen LogP contribution is 2.18. The molecule has 0 fully saturated rings. The van der Waals surface area contributed by atoms with E-state index in [1.165, 1.54) is 21.9 Å². The Morgan fingerprint density at radius 2 is 2.04 bits per heavy atom. The number of aromatic amines is 2. The number of hydrogen-bond donors (Lipinski definition) is 3. The zero-order valence-corrected chi connectivity index (χ0v) is 13.6. The fraction of sp³-hybridized carbons (Fsp3) is 0.200. The first kappa shape index (κ1) is 14.6. The molecule has 1 aromatic carbocycles. The third-order valence-corrected chi connectivity index (χ3v) is 4.55. The third kappa shape index (κ3) is 2.58. The summed E-state index contributed by atoms with van der Waals surface area (Å²) in [4.78, 5) is 33.7. The number of anilines is 1. The first-order valence-corrected chi connectivity index (χ1v) is 8.28. The van der Waals surface area contributed by atoms with Gasteiger partial charge in [0.2, 0.25) is 10.1 Å². The summed E-state index contributed by atoms with van der Waals surface area (Å²) in [5, 5.41) is 8.07. The fourth-order valence-electron chi connectivity index (χ4n) is 2.48. The normalized spacial score (nSPS) is 11.4. The van der Waals surface area contributed by atoms with E-state index in [0.29, 0.717) is 23.1 Å². The van der Waals surface area contributed by atoms with Crippen molar-refractivity contribution in [3.8, 4) is 0 Å². The number of aryl methyl sites for hydroxylation is 1. The summed E-state index contributed by atoms with van der Waals surface area (Å²) < 4.78 is 1.30. The molecule has 0 radical (unpaired) electrons. The van der Waals surface area contributed by atoms with Gasteiger partial charge in [-0.3, -0.25) is 4.79 Å². The van der Waals surface area contributed by atoms with Crippen molar-refractivity contribution in [1.82, 2.24) is 24.6 Å². The average molecular weight is 342 g/mol. The lowest BCUT2D eigenvalue weighted by molar-refractivity contribution is 0.874. The minimum atomic E-state index is -0.224. The predicted molar refractivity (Wildman–Crippen MR) is 92.8 cm³/mol. The molecule has 9 heteroatoms. The van der Waals surface area contributed by atoms with E-state index < -0.39 is 0 Å². The maximum Gasteiger partial charge on any atom is 0.323 e. The van der Waals surface area contributed by atoms with Crippen LogP contribution >= 0.6 is 11.3 Å². The van der Waals surface area contributed by atoms with Crippen molar-refractivity contribution in [2.45, 2.75) is 19.9 Å². The summed E-state index contributed by atoms with van der Waals surface area (Å²) in [5.41, 5.74) is 2.88. The van der Waals surface area contributed by atoms with Gasteiger partial charge in [-0.15, -0.1) is 5.10 Å². The van der Waals surface area contributed by atoms with Gasteiger partial charge in [0.1, 0.15) is 0 Å². The Hall–Kier alpha value is -2.94. The molecule has 3 aromatic heterocycles. The average Bonchev–Trinajstić information content (AvgIpc) is 3.14. The topological polar surface area (TPSA) is 108 Å². The van der Waals surface area contributed by atoms with E-state index in [1.54, 1.807) is 0 Å². The SMILES string of the molecule is CCc1cc(=O)n2nc(NCc3ccc4[nH]c(=O)[nH]c4c3)sc2n1. The molecule has 24 heavy (non-hydrogen) atoms. The molecule has 0 aliphatic carbocycles. The summed E-state index contributed by atoms with van der Waals surface area (Å²) in [6, 6.07) is 7.17. The summed E-state index contributed by atoms with van der Waals surface area (Å²) in [6.07, 6.45) is 0.710. The molecule has 3 heterocycles. The van der Waals surface area contributed by atoms with Crippen molar-refractivity contribution < 1.29 is 0 Å². The maximum absolute atomic E-state index is 12.0. The van der Waals surface area contributed by atoms with Crippen LogP contribution in [0, 0.1) is 0 Å². The molecule has 0 saturated heterocycles. The summed E-state index contributed by atoms with van der Waals surface area (Å²) in [6.45, 7) is 2.48. The molecule has 4 rings (SSSR count). The van der Waals surface area contributed by atoms with E-state index in [1.807, 2.05) is 25.1 Å². The number of nitrogens with zero attached hydrogens (tertiary/aromatic N) is 3. The first-order chi connectivity index (χ1) is 11.6. The molecule has 0 unspecified atom stereocenters. The standard InChI is InChI=1S/C15H14N6O2S/c1-2-9-6-12(22)21-15(17-9)24-14(20-21)16-7-8-3-4-10-11(5-8)19-13(23)18-10/h3-6H,2,7H2,1H3,(H,16,20)(H2,18,19,23). The van der Waals surface area contributed by atoms with Gasteiger partial charge in [0.05, 0.1) is 11.0 Å². The van der Waals surface area contributed by atoms with Crippen molar-refractivity contribution in [3.05, 3.63) is 56.4 Å². The zero-order chi connectivity index (χ0) is 16.7. The van der Waals surface area contributed by atoms with Gasteiger partial charge in [-0.25, -0.2) is 9.78 Å². The van der Waals surface area contributed by atoms with Crippen LogP contribution in [-0.2, 0) is 13.0 Å². The van der Waals surface area contributed by atoms with Crippen LogP contribution in [0.1, 0.15) is 18.2 Å². The Morgan fingerprint density at radius 3 is 2.88 bits per heavy atom. The number of H-pyrrole nitrogens is 2. The molecular weight excluding hydrogens is 328 g/mol. The van der Waals surface area contributed by atoms with Crippen LogP contribution in [0.25, 0.3) is 16.0 Å². The molecule has 122 valence electrons. The number of imidazole rings is 1. The fourth-order valence-corrected chi connectivity index (χ4v) is 3.30. The van der Waals surface area contributed by atoms with E-state index in [0.717, 1.165) is 22.3 Å².